The Balaban J connectivity index is 2.18. The van der Waals surface area contributed by atoms with Crippen molar-refractivity contribution in [1.82, 2.24) is 10.3 Å². The van der Waals surface area contributed by atoms with Gasteiger partial charge >= 0.3 is 0 Å². The maximum Gasteiger partial charge on any atom is 0.255 e. The topological polar surface area (TPSA) is 54.0 Å². The molecule has 2 rings (SSSR count). The Morgan fingerprint density at radius 1 is 1.33 bits per heavy atom. The quantitative estimate of drug-likeness (QED) is 0.816. The van der Waals surface area contributed by atoms with Crippen LogP contribution in [-0.4, -0.2) is 24.5 Å². The van der Waals surface area contributed by atoms with Gasteiger partial charge < -0.3 is 10.6 Å². The fraction of sp³-hybridized carbons (Fsp3) is 0.250. The van der Waals surface area contributed by atoms with Gasteiger partial charge in [-0.2, -0.15) is 0 Å². The third kappa shape index (κ3) is 4.12. The Kier molecular flexibility index (Phi) is 5.47. The molecule has 0 atom stereocenters. The van der Waals surface area contributed by atoms with Crippen LogP contribution in [0.15, 0.2) is 41.1 Å². The van der Waals surface area contributed by atoms with Gasteiger partial charge in [-0.25, -0.2) is 4.98 Å². The number of carbonyl (C=O) groups is 1. The van der Waals surface area contributed by atoms with Gasteiger partial charge in [0.2, 0.25) is 0 Å². The highest BCUT2D eigenvalue weighted by molar-refractivity contribution is 9.10. The molecule has 1 aromatic carbocycles. The second-order valence-corrected chi connectivity index (χ2v) is 5.55. The number of rotatable bonds is 5. The van der Waals surface area contributed by atoms with Crippen molar-refractivity contribution in [2.75, 3.05) is 18.9 Å². The molecule has 0 aliphatic carbocycles. The van der Waals surface area contributed by atoms with Gasteiger partial charge in [-0.1, -0.05) is 18.2 Å². The molecule has 5 heteroatoms. The smallest absolute Gasteiger partial charge is 0.255 e. The van der Waals surface area contributed by atoms with Gasteiger partial charge in [0.15, 0.2) is 0 Å². The van der Waals surface area contributed by atoms with Crippen molar-refractivity contribution in [3.63, 3.8) is 0 Å². The first-order valence-corrected chi connectivity index (χ1v) is 7.57. The number of likely N-dealkylation sites (N-methyl/N-ethyl adjacent to an activating group) is 1. The van der Waals surface area contributed by atoms with Gasteiger partial charge in [-0.3, -0.25) is 4.79 Å². The van der Waals surface area contributed by atoms with Crippen LogP contribution in [0.1, 0.15) is 21.5 Å². The number of halogens is 1. The number of carbonyl (C=O) groups excluding carboxylic acids is 1. The van der Waals surface area contributed by atoms with Crippen molar-refractivity contribution in [1.29, 1.82) is 0 Å². The molecular formula is C16H18BrN3O. The Morgan fingerprint density at radius 2 is 2.10 bits per heavy atom. The normalized spacial score (nSPS) is 10.4. The molecule has 0 fully saturated rings. The van der Waals surface area contributed by atoms with Crippen LogP contribution in [0.2, 0.25) is 0 Å². The number of aromatic nitrogens is 1. The first-order chi connectivity index (χ1) is 10.1. The molecule has 1 amide bonds. The number of anilines is 1. The highest BCUT2D eigenvalue weighted by atomic mass is 79.9. The van der Waals surface area contributed by atoms with Crippen LogP contribution in [0, 0.1) is 6.92 Å². The van der Waals surface area contributed by atoms with Gasteiger partial charge in [0.25, 0.3) is 5.91 Å². The van der Waals surface area contributed by atoms with Crippen LogP contribution in [0.25, 0.3) is 0 Å². The van der Waals surface area contributed by atoms with E-state index in [2.05, 4.69) is 31.5 Å². The lowest BCUT2D eigenvalue weighted by atomic mass is 10.0. The number of aryl methyl sites for hydroxylation is 1. The summed E-state index contributed by atoms with van der Waals surface area (Å²) in [5.74, 6) is -0.106. The number of nitrogens with one attached hydrogen (secondary N) is 2. The van der Waals surface area contributed by atoms with Crippen molar-refractivity contribution in [3.8, 4) is 0 Å². The van der Waals surface area contributed by atoms with E-state index in [-0.39, 0.29) is 5.91 Å². The average Bonchev–Trinajstić information content (AvgIpc) is 2.49. The van der Waals surface area contributed by atoms with Gasteiger partial charge in [-0.05, 0) is 66.1 Å². The standard InChI is InChI=1S/C16H18BrN3O/c1-11-9-13(10-19-15(11)17)20-16(21)14-6-4-3-5-12(14)7-8-18-2/h3-6,9-10,18H,7-8H2,1-2H3,(H,20,21). The maximum absolute atomic E-state index is 12.4. The van der Waals surface area contributed by atoms with E-state index in [1.807, 2.05) is 44.3 Å². The summed E-state index contributed by atoms with van der Waals surface area (Å²) in [6.45, 7) is 2.77. The minimum Gasteiger partial charge on any atom is -0.321 e. The van der Waals surface area contributed by atoms with E-state index in [1.54, 1.807) is 6.20 Å². The largest absolute Gasteiger partial charge is 0.321 e. The first kappa shape index (κ1) is 15.7. The van der Waals surface area contributed by atoms with Gasteiger partial charge in [0.1, 0.15) is 4.60 Å². The molecule has 0 spiro atoms. The summed E-state index contributed by atoms with van der Waals surface area (Å²) in [6, 6.07) is 9.55. The van der Waals surface area contributed by atoms with E-state index < -0.39 is 0 Å². The summed E-state index contributed by atoms with van der Waals surface area (Å²) in [5, 5.41) is 6.00. The molecule has 2 aromatic rings. The Hall–Kier alpha value is -1.72. The van der Waals surface area contributed by atoms with Crippen molar-refractivity contribution < 1.29 is 4.79 Å². The third-order valence-corrected chi connectivity index (χ3v) is 4.01. The lowest BCUT2D eigenvalue weighted by Gasteiger charge is -2.10. The predicted molar refractivity (Wildman–Crippen MR) is 88.7 cm³/mol. The van der Waals surface area contributed by atoms with E-state index in [9.17, 15) is 4.79 Å². The van der Waals surface area contributed by atoms with Crippen molar-refractivity contribution >= 4 is 27.5 Å². The maximum atomic E-state index is 12.4. The minimum absolute atomic E-state index is 0.106. The van der Waals surface area contributed by atoms with E-state index in [0.717, 1.165) is 28.7 Å². The minimum atomic E-state index is -0.106. The number of hydrogen-bond acceptors (Lipinski definition) is 3. The molecule has 0 bridgehead atoms. The summed E-state index contributed by atoms with van der Waals surface area (Å²) >= 11 is 3.35. The van der Waals surface area contributed by atoms with E-state index in [1.165, 1.54) is 0 Å². The van der Waals surface area contributed by atoms with Crippen LogP contribution >= 0.6 is 15.9 Å². The van der Waals surface area contributed by atoms with Crippen LogP contribution in [-0.2, 0) is 6.42 Å². The summed E-state index contributed by atoms with van der Waals surface area (Å²) in [6.07, 6.45) is 2.46. The zero-order chi connectivity index (χ0) is 15.2. The molecule has 0 aliphatic heterocycles. The monoisotopic (exact) mass is 347 g/mol. The lowest BCUT2D eigenvalue weighted by Crippen LogP contribution is -2.17. The van der Waals surface area contributed by atoms with E-state index in [0.29, 0.717) is 11.3 Å². The van der Waals surface area contributed by atoms with Crippen molar-refractivity contribution in [2.45, 2.75) is 13.3 Å². The van der Waals surface area contributed by atoms with E-state index in [4.69, 9.17) is 0 Å². The number of nitrogens with zero attached hydrogens (tertiary/aromatic N) is 1. The molecule has 4 nitrogen and oxygen atoms in total. The SMILES string of the molecule is CNCCc1ccccc1C(=O)Nc1cnc(Br)c(C)c1. The van der Waals surface area contributed by atoms with Crippen LogP contribution in [0.3, 0.4) is 0 Å². The molecule has 1 heterocycles. The molecule has 1 aromatic heterocycles. The first-order valence-electron chi connectivity index (χ1n) is 6.78. The lowest BCUT2D eigenvalue weighted by molar-refractivity contribution is 0.102. The molecule has 21 heavy (non-hydrogen) atoms. The second kappa shape index (κ2) is 7.33. The summed E-state index contributed by atoms with van der Waals surface area (Å²) in [5.41, 5.74) is 3.42. The fourth-order valence-electron chi connectivity index (χ4n) is 2.04. The molecule has 0 unspecified atom stereocenters. The zero-order valence-corrected chi connectivity index (χ0v) is 13.7. The number of benzene rings is 1. The summed E-state index contributed by atoms with van der Waals surface area (Å²) in [7, 11) is 1.90. The number of hydrogen-bond donors (Lipinski definition) is 2. The average molecular weight is 348 g/mol. The Morgan fingerprint density at radius 3 is 2.81 bits per heavy atom. The fourth-order valence-corrected chi connectivity index (χ4v) is 2.26. The van der Waals surface area contributed by atoms with Gasteiger partial charge in [0.05, 0.1) is 11.9 Å². The molecule has 0 aliphatic rings. The van der Waals surface area contributed by atoms with Crippen LogP contribution < -0.4 is 10.6 Å². The molecule has 0 saturated carbocycles. The number of amides is 1. The zero-order valence-electron chi connectivity index (χ0n) is 12.1. The molecule has 0 radical (unpaired) electrons. The van der Waals surface area contributed by atoms with Gasteiger partial charge in [0, 0.05) is 5.56 Å². The van der Waals surface area contributed by atoms with E-state index >= 15 is 0 Å². The molecule has 110 valence electrons. The highest BCUT2D eigenvalue weighted by Crippen LogP contribution is 2.18. The summed E-state index contributed by atoms with van der Waals surface area (Å²) < 4.78 is 0.787. The second-order valence-electron chi connectivity index (χ2n) is 4.80. The van der Waals surface area contributed by atoms with Crippen molar-refractivity contribution in [2.24, 2.45) is 0 Å². The predicted octanol–water partition coefficient (Wildman–Crippen LogP) is 3.17. The van der Waals surface area contributed by atoms with Crippen molar-refractivity contribution in [3.05, 3.63) is 57.8 Å². The molecular weight excluding hydrogens is 330 g/mol. The van der Waals surface area contributed by atoms with Crippen LogP contribution in [0.4, 0.5) is 5.69 Å². The number of pyridine rings is 1. The Bertz CT molecular complexity index is 643. The van der Waals surface area contributed by atoms with Gasteiger partial charge in [-0.15, -0.1) is 0 Å². The molecule has 0 saturated heterocycles. The molecule has 2 N–H and O–H groups in total. The highest BCUT2D eigenvalue weighted by Gasteiger charge is 2.11. The summed E-state index contributed by atoms with van der Waals surface area (Å²) in [4.78, 5) is 16.6. The third-order valence-electron chi connectivity index (χ3n) is 3.18. The Labute approximate surface area is 133 Å². The van der Waals surface area contributed by atoms with Crippen LogP contribution in [0.5, 0.6) is 0 Å².